The van der Waals surface area contributed by atoms with Crippen LogP contribution in [0.2, 0.25) is 0 Å². The van der Waals surface area contributed by atoms with E-state index in [2.05, 4.69) is 38.7 Å². The molecule has 5 aliphatic rings. The van der Waals surface area contributed by atoms with Gasteiger partial charge in [0.2, 0.25) is 0 Å². The molecule has 41 heavy (non-hydrogen) atoms. The highest BCUT2D eigenvalue weighted by atomic mass is 16.6. The van der Waals surface area contributed by atoms with Gasteiger partial charge in [-0.15, -0.1) is 0 Å². The number of hydrogen-bond donors (Lipinski definition) is 1. The maximum absolute atomic E-state index is 13.1. The predicted molar refractivity (Wildman–Crippen MR) is 160 cm³/mol. The molecule has 0 radical (unpaired) electrons. The van der Waals surface area contributed by atoms with E-state index >= 15 is 0 Å². The third-order valence-electron chi connectivity index (χ3n) is 12.0. The average molecular weight is 568 g/mol. The first kappa shape index (κ1) is 29.4. The summed E-state index contributed by atoms with van der Waals surface area (Å²) in [5, 5.41) is 12.5. The third-order valence-corrected chi connectivity index (χ3v) is 12.0. The van der Waals surface area contributed by atoms with Crippen LogP contribution in [-0.2, 0) is 21.4 Å². The van der Waals surface area contributed by atoms with E-state index in [0.717, 1.165) is 50.3 Å². The maximum Gasteiger partial charge on any atom is 0.316 e. The number of aliphatic hydroxyl groups is 1. The molecule has 0 aromatic heterocycles. The molecular formula is C35H53NO5. The van der Waals surface area contributed by atoms with E-state index in [4.69, 9.17) is 14.2 Å². The van der Waals surface area contributed by atoms with E-state index < -0.39 is 16.6 Å². The Morgan fingerprint density at radius 1 is 1.15 bits per heavy atom. The van der Waals surface area contributed by atoms with Crippen molar-refractivity contribution >= 4 is 5.97 Å². The first-order chi connectivity index (χ1) is 19.1. The minimum atomic E-state index is -0.977. The number of carbonyl (C=O) groups is 1. The number of piperidine rings is 1. The summed E-state index contributed by atoms with van der Waals surface area (Å²) in [6.07, 6.45) is 7.04. The minimum Gasteiger partial charge on any atom is -0.482 e. The van der Waals surface area contributed by atoms with Gasteiger partial charge in [0.1, 0.15) is 11.7 Å². The maximum atomic E-state index is 13.1. The van der Waals surface area contributed by atoms with Crippen molar-refractivity contribution in [2.75, 3.05) is 20.2 Å². The Kier molecular flexibility index (Phi) is 6.77. The SMILES string of the molecule is CCCC1(OC)C2Oc3c(OC(=O)C(C)(C)C)ccc4c3C23CCN(CC2CC2)C(C4)C3CC1C(C)(O)C(C)(C)C. The van der Waals surface area contributed by atoms with E-state index in [-0.39, 0.29) is 28.8 Å². The Morgan fingerprint density at radius 2 is 1.85 bits per heavy atom. The molecule has 2 saturated carbocycles. The second kappa shape index (κ2) is 9.43. The average Bonchev–Trinajstić information content (AvgIpc) is 3.63. The molecule has 3 aliphatic carbocycles. The van der Waals surface area contributed by atoms with Gasteiger partial charge in [-0.05, 0) is 102 Å². The Morgan fingerprint density at radius 3 is 2.44 bits per heavy atom. The quantitative estimate of drug-likeness (QED) is 0.308. The zero-order chi connectivity index (χ0) is 29.8. The number of rotatable bonds is 7. The van der Waals surface area contributed by atoms with Crippen LogP contribution >= 0.6 is 0 Å². The van der Waals surface area contributed by atoms with Gasteiger partial charge in [0.15, 0.2) is 11.5 Å². The largest absolute Gasteiger partial charge is 0.482 e. The second-order valence-corrected chi connectivity index (χ2v) is 16.3. The van der Waals surface area contributed by atoms with Crippen LogP contribution < -0.4 is 9.47 Å². The Balaban J connectivity index is 1.55. The number of carbonyl (C=O) groups excluding carboxylic acids is 1. The molecular weight excluding hydrogens is 514 g/mol. The fourth-order valence-corrected chi connectivity index (χ4v) is 9.17. The van der Waals surface area contributed by atoms with Crippen LogP contribution in [0.5, 0.6) is 11.5 Å². The molecule has 7 atom stereocenters. The molecule has 228 valence electrons. The number of nitrogens with zero attached hydrogens (tertiary/aromatic N) is 1. The minimum absolute atomic E-state index is 0.108. The molecule has 0 amide bonds. The van der Waals surface area contributed by atoms with E-state index in [0.29, 0.717) is 17.7 Å². The number of methoxy groups -OCH3 is 1. The second-order valence-electron chi connectivity index (χ2n) is 16.3. The molecule has 1 spiro atoms. The highest BCUT2D eigenvalue weighted by Gasteiger charge is 2.74. The van der Waals surface area contributed by atoms with E-state index in [1.54, 1.807) is 0 Å². The van der Waals surface area contributed by atoms with Gasteiger partial charge in [0.05, 0.1) is 11.0 Å². The summed E-state index contributed by atoms with van der Waals surface area (Å²) >= 11 is 0. The fourth-order valence-electron chi connectivity index (χ4n) is 9.17. The first-order valence-corrected chi connectivity index (χ1v) is 16.2. The molecule has 6 rings (SSSR count). The van der Waals surface area contributed by atoms with Gasteiger partial charge in [-0.25, -0.2) is 0 Å². The predicted octanol–water partition coefficient (Wildman–Crippen LogP) is 6.30. The van der Waals surface area contributed by atoms with Crippen molar-refractivity contribution < 1.29 is 24.1 Å². The lowest BCUT2D eigenvalue weighted by molar-refractivity contribution is -0.259. The Bertz CT molecular complexity index is 1210. The summed E-state index contributed by atoms with van der Waals surface area (Å²) in [6.45, 7) is 18.6. The lowest BCUT2D eigenvalue weighted by atomic mass is 9.43. The molecule has 3 fully saturated rings. The van der Waals surface area contributed by atoms with Crippen molar-refractivity contribution in [3.8, 4) is 11.5 Å². The standard InChI is InChI=1S/C35H53NO5/c1-10-15-35(39-9)26(33(8,38)32(5,6)7)19-23-24-18-22-13-14-25(40-30(37)31(2,3)4)28-27(22)34(23,29(35)41-28)16-17-36(24)20-21-11-12-21/h13-14,21,23-24,26,29,38H,10-12,15-20H2,1-9H3. The van der Waals surface area contributed by atoms with Gasteiger partial charge in [0, 0.05) is 36.6 Å². The summed E-state index contributed by atoms with van der Waals surface area (Å²) in [5.74, 6) is 2.08. The normalized spacial score (nSPS) is 35.9. The summed E-state index contributed by atoms with van der Waals surface area (Å²) < 4.78 is 20.0. The highest BCUT2D eigenvalue weighted by Crippen LogP contribution is 2.69. The number of esters is 1. The van der Waals surface area contributed by atoms with Crippen LogP contribution in [-0.4, -0.2) is 59.5 Å². The smallest absolute Gasteiger partial charge is 0.316 e. The molecule has 1 aromatic rings. The van der Waals surface area contributed by atoms with E-state index in [1.165, 1.54) is 30.5 Å². The lowest BCUT2D eigenvalue weighted by Gasteiger charge is -2.66. The summed E-state index contributed by atoms with van der Waals surface area (Å²) in [7, 11) is 1.83. The molecule has 1 aromatic carbocycles. The van der Waals surface area contributed by atoms with Crippen molar-refractivity contribution in [2.24, 2.45) is 28.6 Å². The Labute approximate surface area is 247 Å². The molecule has 7 unspecified atom stereocenters. The van der Waals surface area contributed by atoms with Crippen molar-refractivity contribution in [2.45, 2.75) is 129 Å². The molecule has 1 N–H and O–H groups in total. The highest BCUT2D eigenvalue weighted by molar-refractivity contribution is 5.79. The van der Waals surface area contributed by atoms with Crippen molar-refractivity contribution in [1.29, 1.82) is 0 Å². The van der Waals surface area contributed by atoms with E-state index in [9.17, 15) is 9.90 Å². The fraction of sp³-hybridized carbons (Fsp3) is 0.800. The third kappa shape index (κ3) is 4.17. The van der Waals surface area contributed by atoms with Crippen molar-refractivity contribution in [3.05, 3.63) is 23.3 Å². The molecule has 2 aliphatic heterocycles. The summed E-state index contributed by atoms with van der Waals surface area (Å²) in [4.78, 5) is 15.9. The topological polar surface area (TPSA) is 68.2 Å². The Hall–Kier alpha value is -1.63. The van der Waals surface area contributed by atoms with Crippen LogP contribution in [0.4, 0.5) is 0 Å². The van der Waals surface area contributed by atoms with E-state index in [1.807, 2.05) is 40.9 Å². The van der Waals surface area contributed by atoms with Crippen LogP contribution in [0.15, 0.2) is 12.1 Å². The number of benzene rings is 1. The van der Waals surface area contributed by atoms with Gasteiger partial charge in [-0.3, -0.25) is 9.69 Å². The van der Waals surface area contributed by atoms with Gasteiger partial charge in [-0.2, -0.15) is 0 Å². The van der Waals surface area contributed by atoms with Gasteiger partial charge in [-0.1, -0.05) is 40.2 Å². The molecule has 6 nitrogen and oxygen atoms in total. The number of likely N-dealkylation sites (tertiary alicyclic amines) is 1. The van der Waals surface area contributed by atoms with Crippen molar-refractivity contribution in [3.63, 3.8) is 0 Å². The number of ether oxygens (including phenoxy) is 3. The molecule has 1 saturated heterocycles. The van der Waals surface area contributed by atoms with Crippen LogP contribution in [0.3, 0.4) is 0 Å². The van der Waals surface area contributed by atoms with Gasteiger partial charge in [0.25, 0.3) is 0 Å². The molecule has 2 bridgehead atoms. The van der Waals surface area contributed by atoms with Crippen molar-refractivity contribution in [1.82, 2.24) is 4.90 Å². The first-order valence-electron chi connectivity index (χ1n) is 16.2. The summed E-state index contributed by atoms with van der Waals surface area (Å²) in [5.41, 5.74) is -0.250. The zero-order valence-corrected chi connectivity index (χ0v) is 26.9. The number of hydrogen-bond acceptors (Lipinski definition) is 6. The molecule has 6 heteroatoms. The molecule has 2 heterocycles. The zero-order valence-electron chi connectivity index (χ0n) is 26.9. The van der Waals surface area contributed by atoms with Gasteiger partial charge < -0.3 is 19.3 Å². The van der Waals surface area contributed by atoms with Crippen LogP contribution in [0.1, 0.15) is 105 Å². The summed E-state index contributed by atoms with van der Waals surface area (Å²) in [6, 6.07) is 4.57. The van der Waals surface area contributed by atoms with Crippen LogP contribution in [0.25, 0.3) is 0 Å². The van der Waals surface area contributed by atoms with Gasteiger partial charge >= 0.3 is 5.97 Å². The monoisotopic (exact) mass is 567 g/mol. The lowest BCUT2D eigenvalue weighted by Crippen LogP contribution is -2.76. The van der Waals surface area contributed by atoms with Crippen LogP contribution in [0, 0.1) is 28.6 Å².